The topological polar surface area (TPSA) is 234 Å². The third kappa shape index (κ3) is 20.3. The third-order valence-electron chi connectivity index (χ3n) is 19.3. The van der Waals surface area contributed by atoms with E-state index < -0.39 is 63.8 Å². The molecule has 17 nitrogen and oxygen atoms in total. The fraction of sp³-hybridized carbons (Fsp3) is 0.106. The number of aliphatic hydroxyl groups is 2. The molecule has 2 atom stereocenters. The monoisotopic (exact) mass is 1670 g/mol. The van der Waals surface area contributed by atoms with E-state index in [0.717, 1.165) is 120 Å². The zero-order valence-corrected chi connectivity index (χ0v) is 65.6. The average molecular weight is 1670 g/mol. The van der Waals surface area contributed by atoms with E-state index >= 15 is 0 Å². The van der Waals surface area contributed by atoms with E-state index in [2.05, 4.69) is 66.1 Å². The maximum atomic E-state index is 13.0. The molecule has 0 bridgehead atoms. The van der Waals surface area contributed by atoms with Crippen molar-refractivity contribution in [2.75, 3.05) is 13.2 Å². The molecule has 1 aliphatic rings. The molecule has 0 aliphatic carbocycles. The molecule has 1 radical (unpaired) electrons. The van der Waals surface area contributed by atoms with Gasteiger partial charge in [-0.15, -0.1) is 0 Å². The fourth-order valence-electron chi connectivity index (χ4n) is 13.7. The van der Waals surface area contributed by atoms with Crippen LogP contribution in [-0.2, 0) is 28.0 Å². The predicted octanol–water partition coefficient (Wildman–Crippen LogP) is 24.4. The van der Waals surface area contributed by atoms with Crippen LogP contribution in [0.5, 0.6) is 34.5 Å². The van der Waals surface area contributed by atoms with E-state index in [1.165, 1.54) is 34.7 Å². The minimum absolute atomic E-state index is 0.122. The number of aromatic nitrogens is 5. The van der Waals surface area contributed by atoms with Crippen molar-refractivity contribution in [1.82, 2.24) is 23.7 Å². The van der Waals surface area contributed by atoms with E-state index in [1.807, 2.05) is 186 Å². The number of hydrogen-bond donors (Lipinski definition) is 5. The zero-order chi connectivity index (χ0) is 87.0. The maximum absolute atomic E-state index is 13.0. The van der Waals surface area contributed by atoms with E-state index in [0.29, 0.717) is 29.4 Å². The summed E-state index contributed by atoms with van der Waals surface area (Å²) in [6, 6.07) is 74.3. The van der Waals surface area contributed by atoms with Crippen LogP contribution in [0.1, 0.15) is 92.0 Å². The molecule has 17 rings (SSSR count). The molecule has 122 heavy (non-hydrogen) atoms. The number of rotatable bonds is 15. The van der Waals surface area contributed by atoms with Gasteiger partial charge in [0.25, 0.3) is 0 Å². The van der Waals surface area contributed by atoms with Gasteiger partial charge in [-0.05, 0) is 224 Å². The summed E-state index contributed by atoms with van der Waals surface area (Å²) < 4.78 is 154. The SMILES string of the molecule is C=Cc1cccc2[nH]ccc12.C=Cc1cccc2c1ccn2-c1ccc(Oc2ccc(C(F)(F)F)c(C#N)c2)cc1.CC1(C)OC[C@H](c2cccc3c2ccn3-c2ccc(Oc3ccc(C(F)(F)F)c(C#N)c3)cc2)O1.N#Cc1cc(Oc2ccc(-n3ccc4c([C@H](O)CO)cccc43)cc2)ccc1C(F)(F)F.O=Cc1cccc2[nH]ccc12.[B]=NS. The predicted molar refractivity (Wildman–Crippen MR) is 454 cm³/mol. The van der Waals surface area contributed by atoms with Crippen molar-refractivity contribution in [3.05, 3.63) is 354 Å². The number of H-pyrrole nitrogens is 2. The first-order chi connectivity index (χ1) is 58.6. The van der Waals surface area contributed by atoms with Gasteiger partial charge in [0, 0.05) is 91.6 Å². The summed E-state index contributed by atoms with van der Waals surface area (Å²) >= 11 is 3.19. The van der Waals surface area contributed by atoms with E-state index in [4.69, 9.17) is 39.5 Å². The number of aromatic amines is 2. The van der Waals surface area contributed by atoms with Crippen LogP contribution in [0.15, 0.2) is 297 Å². The number of fused-ring (bicyclic) bond motifs is 5. The van der Waals surface area contributed by atoms with Gasteiger partial charge >= 0.3 is 43.3 Å². The van der Waals surface area contributed by atoms with Crippen LogP contribution in [0.4, 0.5) is 39.5 Å². The van der Waals surface area contributed by atoms with E-state index in [1.54, 1.807) is 78.9 Å². The summed E-state index contributed by atoms with van der Waals surface area (Å²) in [5.41, 5.74) is 7.85. The molecule has 1 saturated heterocycles. The molecule has 0 amide bonds. The Morgan fingerprint density at radius 1 is 0.508 bits per heavy atom. The summed E-state index contributed by atoms with van der Waals surface area (Å²) in [4.78, 5) is 16.7. The molecule has 4 N–H and O–H groups in total. The van der Waals surface area contributed by atoms with Crippen molar-refractivity contribution < 1.29 is 78.2 Å². The van der Waals surface area contributed by atoms with Crippen molar-refractivity contribution in [2.24, 2.45) is 4.30 Å². The average Bonchev–Trinajstić information content (AvgIpc) is 1.63. The van der Waals surface area contributed by atoms with E-state index in [-0.39, 0.29) is 30.0 Å². The van der Waals surface area contributed by atoms with Gasteiger partial charge in [0.2, 0.25) is 0 Å². The van der Waals surface area contributed by atoms with Crippen molar-refractivity contribution in [3.8, 4) is 69.8 Å². The molecule has 5 aromatic heterocycles. The molecule has 0 saturated carbocycles. The zero-order valence-electron chi connectivity index (χ0n) is 64.7. The molecule has 28 heteroatoms. The minimum atomic E-state index is -4.61. The van der Waals surface area contributed by atoms with Crippen LogP contribution in [0.3, 0.4) is 0 Å². The van der Waals surface area contributed by atoms with E-state index in [9.17, 15) is 54.5 Å². The van der Waals surface area contributed by atoms with Gasteiger partial charge in [0.05, 0.1) is 81.4 Å². The molecule has 16 aromatic rings. The Morgan fingerprint density at radius 2 is 0.861 bits per heavy atom. The Balaban J connectivity index is 0.000000146. The molecule has 1 fully saturated rings. The fourth-order valence-corrected chi connectivity index (χ4v) is 13.7. The number of halogens is 9. The first kappa shape index (κ1) is 86.9. The van der Waals surface area contributed by atoms with Gasteiger partial charge in [0.15, 0.2) is 12.1 Å². The number of ether oxygens (including phenoxy) is 5. The van der Waals surface area contributed by atoms with Gasteiger partial charge in [-0.1, -0.05) is 86.0 Å². The van der Waals surface area contributed by atoms with Crippen LogP contribution in [0, 0.1) is 34.0 Å². The number of thiol groups is 1. The summed E-state index contributed by atoms with van der Waals surface area (Å²) in [5, 5.41) is 51.6. The summed E-state index contributed by atoms with van der Waals surface area (Å²) in [5.74, 6) is 1.10. The molecule has 0 spiro atoms. The van der Waals surface area contributed by atoms with Crippen molar-refractivity contribution in [3.63, 3.8) is 0 Å². The Morgan fingerprint density at radius 3 is 1.25 bits per heavy atom. The first-order valence-electron chi connectivity index (χ1n) is 37.1. The number of nitriles is 3. The van der Waals surface area contributed by atoms with Gasteiger partial charge in [0.1, 0.15) is 46.7 Å². The number of hydrogen-bond acceptors (Lipinski definition) is 13. The first-order valence-corrected chi connectivity index (χ1v) is 37.5. The quantitative estimate of drug-likeness (QED) is 0.0280. The van der Waals surface area contributed by atoms with Crippen molar-refractivity contribution >= 4 is 93.4 Å². The molecule has 1 aliphatic heterocycles. The normalized spacial score (nSPS) is 13.0. The number of carbonyl (C=O) groups excluding carboxylic acids is 1. The molecule has 11 aromatic carbocycles. The number of aldehydes is 1. The second-order valence-electron chi connectivity index (χ2n) is 27.4. The van der Waals surface area contributed by atoms with Crippen LogP contribution in [0.25, 0.3) is 83.7 Å². The van der Waals surface area contributed by atoms with Crippen LogP contribution in [0.2, 0.25) is 0 Å². The van der Waals surface area contributed by atoms with Gasteiger partial charge in [-0.3, -0.25) is 4.79 Å². The van der Waals surface area contributed by atoms with Crippen LogP contribution in [-0.4, -0.2) is 66.8 Å². The Labute approximate surface area is 699 Å². The number of carbonyl (C=O) groups is 1. The number of aliphatic hydroxyl groups excluding tert-OH is 2. The Hall–Kier alpha value is -14.4. The van der Waals surface area contributed by atoms with Crippen LogP contribution >= 0.6 is 12.8 Å². The summed E-state index contributed by atoms with van der Waals surface area (Å²) in [6.45, 7) is 11.5. The van der Waals surface area contributed by atoms with Gasteiger partial charge < -0.3 is 57.6 Å². The summed E-state index contributed by atoms with van der Waals surface area (Å²) in [6.07, 6.45) is -0.836. The standard InChI is InChI=1S/C27H21F3N2O3.C24H17F3N2O3.C24H15F3N2O.C10H9N.C9H7NO.BHNS/c1-26(2)33-16-25(35-26)22-4-3-5-24-21(22)12-13-32(24)18-6-8-19(9-7-18)34-20-10-11-23(27(28,29)30)17(14-20)15-31;25-24(26,27)21-9-8-18(12-15(21)13-28)32-17-6-4-16(5-7-17)29-11-10-19-20(23(31)14-30)2-1-3-22(19)29;1-2-16-4-3-5-23-21(16)12-13-29(23)18-6-8-19(9-7-18)30-20-10-11-22(24(25,26)27)17(14-20)15-28;1-2-8-4-3-5-10-9(8)6-7-11-10;11-6-7-2-1-3-9-8(7)4-5-10-9;1-2-3/h3-14,25H,16H2,1-2H3;1-12,23,30-31H,14H2;2-14H,1H2;2-7,11H,1H2;1-6,10H;3H/t25-;23-;;;;/m11..../s1. The Bertz CT molecular complexity index is 6510. The molecule has 6 heterocycles. The van der Waals surface area contributed by atoms with Gasteiger partial charge in [-0.25, -0.2) is 0 Å². The molecular formula is C94H70BF9N9O8S. The van der Waals surface area contributed by atoms with Crippen molar-refractivity contribution in [1.29, 1.82) is 15.8 Å². The Kier molecular flexibility index (Phi) is 27.1. The molecule has 0 unspecified atom stereocenters. The number of benzene rings is 11. The number of alkyl halides is 9. The number of nitrogens with zero attached hydrogens (tertiary/aromatic N) is 7. The number of nitrogens with one attached hydrogen (secondary N) is 2. The van der Waals surface area contributed by atoms with Gasteiger partial charge in [-0.2, -0.15) is 55.3 Å². The molecular weight excluding hydrogens is 1600 g/mol. The second kappa shape index (κ2) is 38.1. The summed E-state index contributed by atoms with van der Waals surface area (Å²) in [7, 11) is 4.34. The van der Waals surface area contributed by atoms with Crippen LogP contribution < -0.4 is 14.2 Å². The third-order valence-corrected chi connectivity index (χ3v) is 19.3. The second-order valence-corrected chi connectivity index (χ2v) is 27.6. The molecule has 611 valence electrons. The van der Waals surface area contributed by atoms with Crippen molar-refractivity contribution in [2.45, 2.75) is 50.4 Å².